The summed E-state index contributed by atoms with van der Waals surface area (Å²) in [6.45, 7) is 5.81. The number of benzene rings is 3. The van der Waals surface area contributed by atoms with Crippen LogP contribution in [0.4, 0.5) is 29.3 Å². The molecule has 0 saturated heterocycles. The molecule has 0 aliphatic rings. The predicted molar refractivity (Wildman–Crippen MR) is 134 cm³/mol. The number of nitrogens with one attached hydrogen (secondary N) is 3. The van der Waals surface area contributed by atoms with Crippen molar-refractivity contribution < 1.29 is 18.0 Å². The van der Waals surface area contributed by atoms with Gasteiger partial charge in [0.15, 0.2) is 0 Å². The average Bonchev–Trinajstić information content (AvgIpc) is 2.83. The highest BCUT2D eigenvalue weighted by Gasteiger charge is 2.29. The SMILES string of the molecule is C/C(=N\Nc1ccc(/C=N/NC(=O)Nc2ccccc2C(C)C)cc1)c1ccc(C(F)(F)F)cc1. The van der Waals surface area contributed by atoms with Gasteiger partial charge in [0, 0.05) is 5.69 Å². The van der Waals surface area contributed by atoms with Crippen molar-refractivity contribution in [1.82, 2.24) is 5.43 Å². The molecule has 182 valence electrons. The molecule has 0 atom stereocenters. The number of urea groups is 1. The molecular weight excluding hydrogens is 455 g/mol. The van der Waals surface area contributed by atoms with Crippen LogP contribution in [-0.4, -0.2) is 18.0 Å². The lowest BCUT2D eigenvalue weighted by Crippen LogP contribution is -2.24. The Kier molecular flexibility index (Phi) is 8.25. The number of para-hydroxylation sites is 1. The second-order valence-electron chi connectivity index (χ2n) is 8.07. The minimum absolute atomic E-state index is 0.269. The lowest BCUT2D eigenvalue weighted by molar-refractivity contribution is -0.137. The molecule has 0 saturated carbocycles. The maximum Gasteiger partial charge on any atom is 0.416 e. The second kappa shape index (κ2) is 11.3. The molecule has 0 radical (unpaired) electrons. The molecule has 35 heavy (non-hydrogen) atoms. The van der Waals surface area contributed by atoms with Crippen LogP contribution in [0, 0.1) is 0 Å². The van der Waals surface area contributed by atoms with Gasteiger partial charge in [-0.1, -0.05) is 56.3 Å². The smallest absolute Gasteiger partial charge is 0.306 e. The molecule has 3 rings (SSSR count). The zero-order chi connectivity index (χ0) is 25.4. The Labute approximate surface area is 202 Å². The molecule has 9 heteroatoms. The van der Waals surface area contributed by atoms with E-state index in [1.165, 1.54) is 18.3 Å². The number of anilines is 2. The number of rotatable bonds is 7. The largest absolute Gasteiger partial charge is 0.416 e. The highest BCUT2D eigenvalue weighted by molar-refractivity contribution is 5.99. The first-order valence-electron chi connectivity index (χ1n) is 10.9. The highest BCUT2D eigenvalue weighted by atomic mass is 19.4. The number of nitrogens with zero attached hydrogens (tertiary/aromatic N) is 2. The zero-order valence-electron chi connectivity index (χ0n) is 19.5. The third-order valence-corrected chi connectivity index (χ3v) is 5.10. The van der Waals surface area contributed by atoms with Gasteiger partial charge in [0.1, 0.15) is 0 Å². The fraction of sp³-hybridized carbons (Fsp3) is 0.192. The van der Waals surface area contributed by atoms with Crippen LogP contribution in [-0.2, 0) is 6.18 Å². The van der Waals surface area contributed by atoms with E-state index in [0.29, 0.717) is 17.0 Å². The van der Waals surface area contributed by atoms with Crippen LogP contribution < -0.4 is 16.2 Å². The molecule has 3 aromatic carbocycles. The minimum atomic E-state index is -4.37. The van der Waals surface area contributed by atoms with Crippen LogP contribution in [0.3, 0.4) is 0 Å². The number of carbonyl (C=O) groups excluding carboxylic acids is 1. The molecule has 6 nitrogen and oxygen atoms in total. The number of hydrogen-bond donors (Lipinski definition) is 3. The normalized spacial score (nSPS) is 12.1. The Morgan fingerprint density at radius 1 is 0.943 bits per heavy atom. The highest BCUT2D eigenvalue weighted by Crippen LogP contribution is 2.29. The summed E-state index contributed by atoms with van der Waals surface area (Å²) < 4.78 is 38.1. The lowest BCUT2D eigenvalue weighted by Gasteiger charge is -2.12. The van der Waals surface area contributed by atoms with Gasteiger partial charge in [-0.2, -0.15) is 23.4 Å². The van der Waals surface area contributed by atoms with Gasteiger partial charge in [-0.25, -0.2) is 10.2 Å². The van der Waals surface area contributed by atoms with Gasteiger partial charge >= 0.3 is 12.2 Å². The molecule has 2 amide bonds. The summed E-state index contributed by atoms with van der Waals surface area (Å²) in [4.78, 5) is 12.1. The zero-order valence-corrected chi connectivity index (χ0v) is 19.5. The summed E-state index contributed by atoms with van der Waals surface area (Å²) >= 11 is 0. The van der Waals surface area contributed by atoms with E-state index in [4.69, 9.17) is 0 Å². The van der Waals surface area contributed by atoms with Crippen LogP contribution in [0.5, 0.6) is 0 Å². The summed E-state index contributed by atoms with van der Waals surface area (Å²) in [5.41, 5.74) is 8.94. The van der Waals surface area contributed by atoms with Gasteiger partial charge in [0.05, 0.1) is 23.2 Å². The van der Waals surface area contributed by atoms with Crippen molar-refractivity contribution in [2.75, 3.05) is 10.7 Å². The standard InChI is InChI=1S/C26H26F3N5O/c1-17(2)23-6-4-5-7-24(23)31-25(35)34-30-16-19-8-14-22(15-9-19)33-32-18(3)20-10-12-21(13-11-20)26(27,28)29/h4-17,33H,1-3H3,(H2,31,34,35)/b30-16+,32-18+. The van der Waals surface area contributed by atoms with Crippen LogP contribution >= 0.6 is 0 Å². The van der Waals surface area contributed by atoms with Gasteiger partial charge < -0.3 is 5.32 Å². The van der Waals surface area contributed by atoms with Crippen molar-refractivity contribution in [3.63, 3.8) is 0 Å². The molecule has 0 aromatic heterocycles. The van der Waals surface area contributed by atoms with Crippen molar-refractivity contribution in [2.24, 2.45) is 10.2 Å². The fourth-order valence-electron chi connectivity index (χ4n) is 3.19. The van der Waals surface area contributed by atoms with Gasteiger partial charge in [-0.3, -0.25) is 5.43 Å². The van der Waals surface area contributed by atoms with Crippen molar-refractivity contribution in [2.45, 2.75) is 32.9 Å². The Morgan fingerprint density at radius 2 is 1.60 bits per heavy atom. The summed E-state index contributed by atoms with van der Waals surface area (Å²) in [6.07, 6.45) is -2.86. The van der Waals surface area contributed by atoms with E-state index in [-0.39, 0.29) is 5.92 Å². The molecule has 0 heterocycles. The summed E-state index contributed by atoms with van der Waals surface area (Å²) in [7, 11) is 0. The molecule has 3 aromatic rings. The lowest BCUT2D eigenvalue weighted by atomic mass is 10.0. The monoisotopic (exact) mass is 481 g/mol. The maximum atomic E-state index is 12.7. The van der Waals surface area contributed by atoms with Gasteiger partial charge in [0.25, 0.3) is 0 Å². The summed E-state index contributed by atoms with van der Waals surface area (Å²) in [5, 5.41) is 11.0. The Morgan fingerprint density at radius 3 is 2.23 bits per heavy atom. The number of alkyl halides is 3. The number of hydrogen-bond acceptors (Lipinski definition) is 4. The van der Waals surface area contributed by atoms with E-state index in [1.54, 1.807) is 31.2 Å². The first-order chi connectivity index (χ1) is 16.6. The van der Waals surface area contributed by atoms with Crippen molar-refractivity contribution in [3.05, 3.63) is 95.1 Å². The van der Waals surface area contributed by atoms with Gasteiger partial charge in [0.2, 0.25) is 0 Å². The van der Waals surface area contributed by atoms with Crippen molar-refractivity contribution >= 4 is 29.3 Å². The summed E-state index contributed by atoms with van der Waals surface area (Å²) in [6, 6.07) is 19.1. The molecule has 3 N–H and O–H groups in total. The van der Waals surface area contributed by atoms with Gasteiger partial charge in [-0.15, -0.1) is 0 Å². The van der Waals surface area contributed by atoms with E-state index in [9.17, 15) is 18.0 Å². The molecular formula is C26H26F3N5O. The molecule has 0 aliphatic carbocycles. The fourth-order valence-corrected chi connectivity index (χ4v) is 3.19. The molecule has 0 bridgehead atoms. The molecule has 0 unspecified atom stereocenters. The van der Waals surface area contributed by atoms with E-state index in [1.807, 2.05) is 24.3 Å². The Balaban J connectivity index is 1.53. The maximum absolute atomic E-state index is 12.7. The van der Waals surface area contributed by atoms with Crippen molar-refractivity contribution in [1.29, 1.82) is 0 Å². The third kappa shape index (κ3) is 7.43. The quantitative estimate of drug-likeness (QED) is 0.256. The number of carbonyl (C=O) groups is 1. The third-order valence-electron chi connectivity index (χ3n) is 5.10. The second-order valence-corrected chi connectivity index (χ2v) is 8.07. The summed E-state index contributed by atoms with van der Waals surface area (Å²) in [5.74, 6) is 0.269. The predicted octanol–water partition coefficient (Wildman–Crippen LogP) is 6.82. The topological polar surface area (TPSA) is 77.9 Å². The van der Waals surface area contributed by atoms with Crippen LogP contribution in [0.25, 0.3) is 0 Å². The van der Waals surface area contributed by atoms with Crippen molar-refractivity contribution in [3.8, 4) is 0 Å². The number of hydrazone groups is 2. The average molecular weight is 482 g/mol. The number of amides is 2. The number of halogens is 3. The van der Waals surface area contributed by atoms with Crippen LogP contribution in [0.1, 0.15) is 48.9 Å². The first kappa shape index (κ1) is 25.5. The Bertz CT molecular complexity index is 1200. The first-order valence-corrected chi connectivity index (χ1v) is 10.9. The van der Waals surface area contributed by atoms with Gasteiger partial charge in [-0.05, 0) is 59.9 Å². The molecule has 0 spiro atoms. The van der Waals surface area contributed by atoms with E-state index < -0.39 is 17.8 Å². The minimum Gasteiger partial charge on any atom is -0.306 e. The van der Waals surface area contributed by atoms with Crippen LogP contribution in [0.2, 0.25) is 0 Å². The van der Waals surface area contributed by atoms with E-state index in [2.05, 4.69) is 40.2 Å². The van der Waals surface area contributed by atoms with E-state index >= 15 is 0 Å². The molecule has 0 fully saturated rings. The van der Waals surface area contributed by atoms with E-state index in [0.717, 1.165) is 28.9 Å². The van der Waals surface area contributed by atoms with Crippen LogP contribution in [0.15, 0.2) is 83.0 Å². The Hall–Kier alpha value is -4.14. The molecule has 0 aliphatic heterocycles.